The summed E-state index contributed by atoms with van der Waals surface area (Å²) in [6.07, 6.45) is 8.44. The first-order valence-electron chi connectivity index (χ1n) is 11.3. The molecule has 7 nitrogen and oxygen atoms in total. The minimum atomic E-state index is 0.313. The third-order valence-electron chi connectivity index (χ3n) is 5.46. The van der Waals surface area contributed by atoms with Crippen LogP contribution >= 0.6 is 11.3 Å². The first-order chi connectivity index (χ1) is 14.3. The molecule has 3 rings (SSSR count). The van der Waals surface area contributed by atoms with Gasteiger partial charge in [-0.05, 0) is 39.0 Å². The van der Waals surface area contributed by atoms with Gasteiger partial charge in [0, 0.05) is 64.0 Å². The van der Waals surface area contributed by atoms with Crippen molar-refractivity contribution in [2.45, 2.75) is 58.3 Å². The van der Waals surface area contributed by atoms with E-state index in [0.717, 1.165) is 83.2 Å². The van der Waals surface area contributed by atoms with Crippen molar-refractivity contribution in [2.24, 2.45) is 4.99 Å². The smallest absolute Gasteiger partial charge is 0.222 e. The molecular formula is C21H36N6OS. The van der Waals surface area contributed by atoms with E-state index in [0.29, 0.717) is 12.3 Å². The van der Waals surface area contributed by atoms with E-state index >= 15 is 0 Å². The standard InChI is InChI=1S/C21H36N6OS/c1-2-22-20(23-11-8-16-26-13-5-3-4-9-19(26)28)24-12-10-18-17-29-21(25-18)27-14-6-7-15-27/h17H,2-16H2,1H3,(H2,22,23,24). The summed E-state index contributed by atoms with van der Waals surface area (Å²) in [7, 11) is 0. The van der Waals surface area contributed by atoms with Crippen LogP contribution in [0.2, 0.25) is 0 Å². The van der Waals surface area contributed by atoms with Crippen molar-refractivity contribution in [3.05, 3.63) is 11.1 Å². The van der Waals surface area contributed by atoms with E-state index in [1.165, 1.54) is 24.4 Å². The summed E-state index contributed by atoms with van der Waals surface area (Å²) >= 11 is 1.76. The highest BCUT2D eigenvalue weighted by Gasteiger charge is 2.16. The molecule has 0 radical (unpaired) electrons. The number of aliphatic imine (C=N–C) groups is 1. The lowest BCUT2D eigenvalue weighted by atomic mass is 10.2. The van der Waals surface area contributed by atoms with Crippen molar-refractivity contribution in [1.82, 2.24) is 20.5 Å². The van der Waals surface area contributed by atoms with E-state index in [9.17, 15) is 4.79 Å². The Labute approximate surface area is 179 Å². The number of nitrogens with zero attached hydrogens (tertiary/aromatic N) is 4. The highest BCUT2D eigenvalue weighted by Crippen LogP contribution is 2.24. The number of anilines is 1. The van der Waals surface area contributed by atoms with Crippen LogP contribution in [0.4, 0.5) is 5.13 Å². The van der Waals surface area contributed by atoms with Crippen LogP contribution in [0.15, 0.2) is 10.4 Å². The maximum atomic E-state index is 12.1. The molecule has 0 spiro atoms. The number of amides is 1. The Morgan fingerprint density at radius 2 is 2.00 bits per heavy atom. The molecule has 2 fully saturated rings. The van der Waals surface area contributed by atoms with E-state index in [-0.39, 0.29) is 0 Å². The molecule has 29 heavy (non-hydrogen) atoms. The van der Waals surface area contributed by atoms with Crippen LogP contribution in [0.25, 0.3) is 0 Å². The Balaban J connectivity index is 1.38. The average Bonchev–Trinajstić information content (AvgIpc) is 3.37. The molecule has 0 unspecified atom stereocenters. The highest BCUT2D eigenvalue weighted by atomic mass is 32.1. The minimum absolute atomic E-state index is 0.313. The Morgan fingerprint density at radius 1 is 1.17 bits per heavy atom. The number of likely N-dealkylation sites (tertiary alicyclic amines) is 1. The molecule has 2 aliphatic heterocycles. The molecular weight excluding hydrogens is 384 g/mol. The van der Waals surface area contributed by atoms with E-state index in [1.54, 1.807) is 11.3 Å². The topological polar surface area (TPSA) is 72.9 Å². The number of aromatic nitrogens is 1. The number of nitrogens with one attached hydrogen (secondary N) is 2. The van der Waals surface area contributed by atoms with E-state index in [2.05, 4.69) is 32.8 Å². The van der Waals surface area contributed by atoms with Crippen molar-refractivity contribution < 1.29 is 4.79 Å². The predicted molar refractivity (Wildman–Crippen MR) is 121 cm³/mol. The summed E-state index contributed by atoms with van der Waals surface area (Å²) < 4.78 is 0. The zero-order valence-electron chi connectivity index (χ0n) is 17.8. The third-order valence-corrected chi connectivity index (χ3v) is 6.41. The lowest BCUT2D eigenvalue weighted by Gasteiger charge is -2.20. The summed E-state index contributed by atoms with van der Waals surface area (Å²) in [4.78, 5) is 25.9. The van der Waals surface area contributed by atoms with Gasteiger partial charge in [-0.25, -0.2) is 4.98 Å². The number of hydrogen-bond donors (Lipinski definition) is 2. The Bertz CT molecular complexity index is 655. The predicted octanol–water partition coefficient (Wildman–Crippen LogP) is 2.63. The Hall–Kier alpha value is -1.83. The largest absolute Gasteiger partial charge is 0.357 e. The zero-order chi connectivity index (χ0) is 20.3. The SMILES string of the molecule is CCNC(=NCCCN1CCCCCC1=O)NCCc1csc(N2CCCC2)n1. The lowest BCUT2D eigenvalue weighted by Crippen LogP contribution is -2.38. The van der Waals surface area contributed by atoms with Crippen molar-refractivity contribution >= 4 is 28.3 Å². The summed E-state index contributed by atoms with van der Waals surface area (Å²) in [5.41, 5.74) is 1.15. The van der Waals surface area contributed by atoms with Gasteiger partial charge < -0.3 is 20.4 Å². The van der Waals surface area contributed by atoms with Gasteiger partial charge in [0.05, 0.1) is 5.69 Å². The minimum Gasteiger partial charge on any atom is -0.357 e. The molecule has 0 saturated carbocycles. The van der Waals surface area contributed by atoms with Gasteiger partial charge in [0.25, 0.3) is 0 Å². The van der Waals surface area contributed by atoms with Crippen LogP contribution in [0.3, 0.4) is 0 Å². The molecule has 2 saturated heterocycles. The van der Waals surface area contributed by atoms with Gasteiger partial charge in [0.15, 0.2) is 11.1 Å². The fourth-order valence-electron chi connectivity index (χ4n) is 3.84. The third kappa shape index (κ3) is 7.17. The number of carbonyl (C=O) groups excluding carboxylic acids is 1. The Morgan fingerprint density at radius 3 is 2.83 bits per heavy atom. The Kier molecular flexibility index (Phi) is 9.05. The van der Waals surface area contributed by atoms with Crippen LogP contribution < -0.4 is 15.5 Å². The molecule has 2 N–H and O–H groups in total. The summed E-state index contributed by atoms with van der Waals surface area (Å²) in [6.45, 7) is 8.49. The van der Waals surface area contributed by atoms with Crippen LogP contribution in [0, 0.1) is 0 Å². The molecule has 3 heterocycles. The summed E-state index contributed by atoms with van der Waals surface area (Å²) in [5, 5.41) is 10.1. The molecule has 0 bridgehead atoms. The van der Waals surface area contributed by atoms with Crippen LogP contribution in [0.5, 0.6) is 0 Å². The molecule has 1 aromatic rings. The van der Waals surface area contributed by atoms with Crippen molar-refractivity contribution in [3.8, 4) is 0 Å². The molecule has 0 atom stereocenters. The van der Waals surface area contributed by atoms with Crippen molar-refractivity contribution in [1.29, 1.82) is 0 Å². The van der Waals surface area contributed by atoms with Gasteiger partial charge in [-0.15, -0.1) is 11.3 Å². The molecule has 0 aliphatic carbocycles. The van der Waals surface area contributed by atoms with Gasteiger partial charge in [-0.2, -0.15) is 0 Å². The van der Waals surface area contributed by atoms with E-state index in [1.807, 2.05) is 4.90 Å². The maximum Gasteiger partial charge on any atom is 0.222 e. The van der Waals surface area contributed by atoms with Crippen molar-refractivity contribution in [2.75, 3.05) is 50.7 Å². The fraction of sp³-hybridized carbons (Fsp3) is 0.762. The molecule has 1 aromatic heterocycles. The van der Waals surface area contributed by atoms with Gasteiger partial charge in [0.1, 0.15) is 0 Å². The quantitative estimate of drug-likeness (QED) is 0.365. The molecule has 162 valence electrons. The maximum absolute atomic E-state index is 12.1. The van der Waals surface area contributed by atoms with Gasteiger partial charge in [0.2, 0.25) is 5.91 Å². The number of carbonyl (C=O) groups is 1. The lowest BCUT2D eigenvalue weighted by molar-refractivity contribution is -0.130. The number of hydrogen-bond acceptors (Lipinski definition) is 5. The van der Waals surface area contributed by atoms with Crippen LogP contribution in [-0.4, -0.2) is 67.6 Å². The number of thiazole rings is 1. The summed E-state index contributed by atoms with van der Waals surface area (Å²) in [6, 6.07) is 0. The highest BCUT2D eigenvalue weighted by molar-refractivity contribution is 7.13. The first-order valence-corrected chi connectivity index (χ1v) is 12.1. The number of guanidine groups is 1. The first kappa shape index (κ1) is 21.9. The fourth-order valence-corrected chi connectivity index (χ4v) is 4.76. The van der Waals surface area contributed by atoms with Gasteiger partial charge >= 0.3 is 0 Å². The summed E-state index contributed by atoms with van der Waals surface area (Å²) in [5.74, 6) is 1.16. The second-order valence-corrected chi connectivity index (χ2v) is 8.63. The van der Waals surface area contributed by atoms with Crippen LogP contribution in [0.1, 0.15) is 57.6 Å². The van der Waals surface area contributed by atoms with E-state index < -0.39 is 0 Å². The normalized spacial score (nSPS) is 18.2. The molecule has 0 aromatic carbocycles. The van der Waals surface area contributed by atoms with Gasteiger partial charge in [-0.3, -0.25) is 9.79 Å². The number of rotatable bonds is 9. The molecule has 1 amide bonds. The molecule has 2 aliphatic rings. The molecule has 8 heteroatoms. The zero-order valence-corrected chi connectivity index (χ0v) is 18.6. The second kappa shape index (κ2) is 12.0. The van der Waals surface area contributed by atoms with E-state index in [4.69, 9.17) is 4.98 Å². The van der Waals surface area contributed by atoms with Crippen molar-refractivity contribution in [3.63, 3.8) is 0 Å². The van der Waals surface area contributed by atoms with Gasteiger partial charge in [-0.1, -0.05) is 6.42 Å². The second-order valence-electron chi connectivity index (χ2n) is 7.80. The van der Waals surface area contributed by atoms with Crippen LogP contribution in [-0.2, 0) is 11.2 Å². The monoisotopic (exact) mass is 420 g/mol. The average molecular weight is 421 g/mol.